The molecule has 0 radical (unpaired) electrons. The Hall–Kier alpha value is -4.92. The number of anilines is 1. The van der Waals surface area contributed by atoms with E-state index < -0.39 is 0 Å². The molecule has 0 saturated carbocycles. The van der Waals surface area contributed by atoms with Crippen molar-refractivity contribution in [1.82, 2.24) is 5.43 Å². The third-order valence-electron chi connectivity index (χ3n) is 7.02. The van der Waals surface area contributed by atoms with Crippen molar-refractivity contribution in [3.63, 3.8) is 0 Å². The van der Waals surface area contributed by atoms with E-state index in [1.165, 1.54) is 38.9 Å². The summed E-state index contributed by atoms with van der Waals surface area (Å²) in [6.07, 6.45) is 0. The molecular formula is C37H30N2. The Balaban J connectivity index is 1.30. The van der Waals surface area contributed by atoms with Gasteiger partial charge >= 0.3 is 0 Å². The van der Waals surface area contributed by atoms with Crippen LogP contribution in [0, 0.1) is 0 Å². The van der Waals surface area contributed by atoms with E-state index in [0.717, 1.165) is 11.3 Å². The predicted molar refractivity (Wildman–Crippen MR) is 164 cm³/mol. The maximum atomic E-state index is 3.60. The van der Waals surface area contributed by atoms with Crippen LogP contribution in [0.2, 0.25) is 0 Å². The van der Waals surface area contributed by atoms with Gasteiger partial charge < -0.3 is 5.43 Å². The van der Waals surface area contributed by atoms with Crippen molar-refractivity contribution < 1.29 is 0 Å². The lowest BCUT2D eigenvalue weighted by Crippen LogP contribution is -2.28. The smallest absolute Gasteiger partial charge is 0.0760 e. The van der Waals surface area contributed by atoms with E-state index in [1.54, 1.807) is 0 Å². The summed E-state index contributed by atoms with van der Waals surface area (Å²) in [6.45, 7) is 0. The summed E-state index contributed by atoms with van der Waals surface area (Å²) in [5.74, 6) is 0. The molecule has 0 unspecified atom stereocenters. The number of rotatable bonds is 8. The maximum Gasteiger partial charge on any atom is 0.0760 e. The maximum absolute atomic E-state index is 3.60. The molecule has 6 aromatic carbocycles. The fourth-order valence-corrected chi connectivity index (χ4v) is 5.02. The molecule has 0 atom stereocenters. The molecule has 0 fully saturated rings. The first kappa shape index (κ1) is 24.4. The molecule has 0 bridgehead atoms. The number of hydrazine groups is 1. The lowest BCUT2D eigenvalue weighted by Gasteiger charge is -2.22. The predicted octanol–water partition coefficient (Wildman–Crippen LogP) is 9.39. The molecule has 0 amide bonds. The molecule has 2 N–H and O–H groups in total. The van der Waals surface area contributed by atoms with Crippen LogP contribution in [-0.2, 0) is 0 Å². The number of benzene rings is 6. The number of hydrogen-bond acceptors (Lipinski definition) is 2. The van der Waals surface area contributed by atoms with Crippen LogP contribution in [0.1, 0.15) is 17.2 Å². The van der Waals surface area contributed by atoms with Gasteiger partial charge in [0.05, 0.1) is 11.7 Å². The molecule has 0 aromatic heterocycles. The SMILES string of the molecule is c1ccc(-c2cccc(-c3cccc(-c4ccccc4NNC(c4ccccc4)c4ccccc4)c3)c2)cc1. The quantitative estimate of drug-likeness (QED) is 0.203. The van der Waals surface area contributed by atoms with Crippen LogP contribution in [0.15, 0.2) is 164 Å². The Bertz CT molecular complexity index is 1600. The van der Waals surface area contributed by atoms with E-state index in [0.29, 0.717) is 0 Å². The Morgan fingerprint density at radius 1 is 0.359 bits per heavy atom. The molecule has 39 heavy (non-hydrogen) atoms. The molecule has 0 spiro atoms. The Morgan fingerprint density at radius 3 is 1.41 bits per heavy atom. The van der Waals surface area contributed by atoms with Crippen molar-refractivity contribution >= 4 is 5.69 Å². The Labute approximate surface area is 230 Å². The van der Waals surface area contributed by atoms with Crippen molar-refractivity contribution in [1.29, 1.82) is 0 Å². The highest BCUT2D eigenvalue weighted by Gasteiger charge is 2.14. The summed E-state index contributed by atoms with van der Waals surface area (Å²) in [5, 5.41) is 0. The summed E-state index contributed by atoms with van der Waals surface area (Å²) in [4.78, 5) is 0. The Kier molecular flexibility index (Phi) is 7.29. The topological polar surface area (TPSA) is 24.1 Å². The summed E-state index contributed by atoms with van der Waals surface area (Å²) >= 11 is 0. The van der Waals surface area contributed by atoms with E-state index in [4.69, 9.17) is 0 Å². The van der Waals surface area contributed by atoms with Gasteiger partial charge in [-0.2, -0.15) is 0 Å². The molecule has 6 rings (SSSR count). The summed E-state index contributed by atoms with van der Waals surface area (Å²) in [7, 11) is 0. The number of nitrogens with one attached hydrogen (secondary N) is 2. The zero-order valence-corrected chi connectivity index (χ0v) is 21.7. The van der Waals surface area contributed by atoms with Crippen LogP contribution in [-0.4, -0.2) is 0 Å². The third kappa shape index (κ3) is 5.67. The van der Waals surface area contributed by atoms with Gasteiger partial charge in [0.25, 0.3) is 0 Å². The monoisotopic (exact) mass is 502 g/mol. The first-order chi connectivity index (χ1) is 19.3. The molecule has 0 saturated heterocycles. The second-order valence-electron chi connectivity index (χ2n) is 9.60. The van der Waals surface area contributed by atoms with E-state index in [9.17, 15) is 0 Å². The minimum atomic E-state index is 0.00696. The van der Waals surface area contributed by atoms with E-state index >= 15 is 0 Å². The van der Waals surface area contributed by atoms with Crippen molar-refractivity contribution in [2.75, 3.05) is 5.43 Å². The van der Waals surface area contributed by atoms with Crippen LogP contribution >= 0.6 is 0 Å². The summed E-state index contributed by atoms with van der Waals surface area (Å²) < 4.78 is 0. The van der Waals surface area contributed by atoms with Gasteiger partial charge in [0, 0.05) is 5.56 Å². The second-order valence-corrected chi connectivity index (χ2v) is 9.60. The van der Waals surface area contributed by atoms with Crippen molar-refractivity contribution in [3.05, 3.63) is 175 Å². The van der Waals surface area contributed by atoms with E-state index in [1.807, 2.05) is 0 Å². The fourth-order valence-electron chi connectivity index (χ4n) is 5.02. The minimum Gasteiger partial charge on any atom is -0.320 e. The number of hydrogen-bond donors (Lipinski definition) is 2. The molecule has 2 heteroatoms. The van der Waals surface area contributed by atoms with E-state index in [-0.39, 0.29) is 6.04 Å². The first-order valence-electron chi connectivity index (χ1n) is 13.3. The van der Waals surface area contributed by atoms with Gasteiger partial charge in [0.2, 0.25) is 0 Å². The zero-order valence-electron chi connectivity index (χ0n) is 21.7. The van der Waals surface area contributed by atoms with Gasteiger partial charge in [0.15, 0.2) is 0 Å². The average molecular weight is 503 g/mol. The van der Waals surface area contributed by atoms with Crippen LogP contribution < -0.4 is 10.9 Å². The lowest BCUT2D eigenvalue weighted by molar-refractivity contribution is 0.682. The van der Waals surface area contributed by atoms with Gasteiger partial charge in [0.1, 0.15) is 0 Å². The fraction of sp³-hybridized carbons (Fsp3) is 0.0270. The van der Waals surface area contributed by atoms with Crippen molar-refractivity contribution in [2.45, 2.75) is 6.04 Å². The summed E-state index contributed by atoms with van der Waals surface area (Å²) in [5.41, 5.74) is 17.7. The minimum absolute atomic E-state index is 0.00696. The molecule has 0 aliphatic rings. The first-order valence-corrected chi connectivity index (χ1v) is 13.3. The van der Waals surface area contributed by atoms with Crippen LogP contribution in [0.5, 0.6) is 0 Å². The van der Waals surface area contributed by atoms with Crippen LogP contribution in [0.3, 0.4) is 0 Å². The highest BCUT2D eigenvalue weighted by atomic mass is 15.4. The van der Waals surface area contributed by atoms with Crippen LogP contribution in [0.25, 0.3) is 33.4 Å². The molecular weight excluding hydrogens is 472 g/mol. The van der Waals surface area contributed by atoms with Gasteiger partial charge in [-0.3, -0.25) is 0 Å². The largest absolute Gasteiger partial charge is 0.320 e. The van der Waals surface area contributed by atoms with Crippen molar-refractivity contribution in [2.24, 2.45) is 0 Å². The van der Waals surface area contributed by atoms with Crippen LogP contribution in [0.4, 0.5) is 5.69 Å². The molecule has 6 aromatic rings. The normalized spacial score (nSPS) is 10.9. The average Bonchev–Trinajstić information content (AvgIpc) is 3.03. The molecule has 188 valence electrons. The molecule has 0 aliphatic heterocycles. The number of para-hydroxylation sites is 1. The molecule has 0 heterocycles. The standard InChI is InChI=1S/C37H30N2/c1-4-14-28(15-5-1)31-20-12-21-32(26-31)33-22-13-23-34(27-33)35-24-10-11-25-36(35)38-39-37(29-16-6-2-7-17-29)30-18-8-3-9-19-30/h1-27,37-39H. The van der Waals surface area contributed by atoms with E-state index in [2.05, 4.69) is 175 Å². The highest BCUT2D eigenvalue weighted by Crippen LogP contribution is 2.33. The zero-order chi connectivity index (χ0) is 26.3. The second kappa shape index (κ2) is 11.6. The lowest BCUT2D eigenvalue weighted by atomic mass is 9.96. The van der Waals surface area contributed by atoms with Gasteiger partial charge in [-0.25, -0.2) is 5.43 Å². The van der Waals surface area contributed by atoms with Gasteiger partial charge in [-0.1, -0.05) is 146 Å². The Morgan fingerprint density at radius 2 is 0.795 bits per heavy atom. The highest BCUT2D eigenvalue weighted by molar-refractivity contribution is 5.82. The third-order valence-corrected chi connectivity index (χ3v) is 7.02. The van der Waals surface area contributed by atoms with Gasteiger partial charge in [-0.15, -0.1) is 0 Å². The molecule has 2 nitrogen and oxygen atoms in total. The summed E-state index contributed by atoms with van der Waals surface area (Å²) in [6, 6.07) is 57.6. The molecule has 0 aliphatic carbocycles. The van der Waals surface area contributed by atoms with Gasteiger partial charge in [-0.05, 0) is 57.1 Å². The van der Waals surface area contributed by atoms with Crippen molar-refractivity contribution in [3.8, 4) is 33.4 Å².